The molecule has 0 spiro atoms. The fourth-order valence-electron chi connectivity index (χ4n) is 1.97. The molecule has 2 aromatic rings. The maximum absolute atomic E-state index is 13.1. The van der Waals surface area contributed by atoms with Gasteiger partial charge in [-0.3, -0.25) is 0 Å². The molecular weight excluding hydrogens is 251 g/mol. The monoisotopic (exact) mass is 268 g/mol. The molecule has 0 aliphatic rings. The Morgan fingerprint density at radius 2 is 2.00 bits per heavy atom. The summed E-state index contributed by atoms with van der Waals surface area (Å²) in [6.45, 7) is 1.60. The molecule has 0 fully saturated rings. The lowest BCUT2D eigenvalue weighted by Crippen LogP contribution is -2.29. The SMILES string of the molecule is COC(CC(C)(O)c1cc2cc(F)ccc2o1)OC. The second-order valence-corrected chi connectivity index (χ2v) is 4.67. The van der Waals surface area contributed by atoms with Crippen LogP contribution < -0.4 is 0 Å². The van der Waals surface area contributed by atoms with E-state index in [0.29, 0.717) is 16.7 Å². The molecule has 1 aromatic heterocycles. The molecule has 1 N–H and O–H groups in total. The van der Waals surface area contributed by atoms with Gasteiger partial charge < -0.3 is 19.0 Å². The van der Waals surface area contributed by atoms with Crippen molar-refractivity contribution in [1.82, 2.24) is 0 Å². The second kappa shape index (κ2) is 5.28. The third-order valence-electron chi connectivity index (χ3n) is 3.10. The van der Waals surface area contributed by atoms with E-state index in [4.69, 9.17) is 13.9 Å². The van der Waals surface area contributed by atoms with Crippen LogP contribution in [0.2, 0.25) is 0 Å². The zero-order valence-electron chi connectivity index (χ0n) is 11.1. The van der Waals surface area contributed by atoms with E-state index in [1.54, 1.807) is 13.0 Å². The summed E-state index contributed by atoms with van der Waals surface area (Å²) in [7, 11) is 3.00. The van der Waals surface area contributed by atoms with E-state index in [-0.39, 0.29) is 12.2 Å². The van der Waals surface area contributed by atoms with Crippen LogP contribution in [0.25, 0.3) is 11.0 Å². The van der Waals surface area contributed by atoms with Crippen molar-refractivity contribution in [1.29, 1.82) is 0 Å². The van der Waals surface area contributed by atoms with Crippen LogP contribution in [0, 0.1) is 5.82 Å². The number of ether oxygens (including phenoxy) is 2. The third kappa shape index (κ3) is 2.94. The maximum atomic E-state index is 13.1. The number of aliphatic hydroxyl groups is 1. The van der Waals surface area contributed by atoms with E-state index < -0.39 is 11.9 Å². The summed E-state index contributed by atoms with van der Waals surface area (Å²) in [5.74, 6) is 0.0124. The van der Waals surface area contributed by atoms with Gasteiger partial charge in [0.25, 0.3) is 0 Å². The predicted octanol–water partition coefficient (Wildman–Crippen LogP) is 2.79. The van der Waals surface area contributed by atoms with Gasteiger partial charge in [-0.05, 0) is 31.2 Å². The van der Waals surface area contributed by atoms with Gasteiger partial charge >= 0.3 is 0 Å². The molecule has 1 heterocycles. The molecule has 4 nitrogen and oxygen atoms in total. The highest BCUT2D eigenvalue weighted by Crippen LogP contribution is 2.32. The van der Waals surface area contributed by atoms with Crippen LogP contribution in [0.3, 0.4) is 0 Å². The normalized spacial score (nSPS) is 15.1. The lowest BCUT2D eigenvalue weighted by atomic mass is 9.98. The number of hydrogen-bond donors (Lipinski definition) is 1. The molecule has 5 heteroatoms. The number of furan rings is 1. The molecule has 0 saturated heterocycles. The van der Waals surface area contributed by atoms with Crippen molar-refractivity contribution in [2.75, 3.05) is 14.2 Å². The summed E-state index contributed by atoms with van der Waals surface area (Å²) in [6, 6.07) is 5.84. The Labute approximate surface area is 110 Å². The highest BCUT2D eigenvalue weighted by Gasteiger charge is 2.31. The predicted molar refractivity (Wildman–Crippen MR) is 68.2 cm³/mol. The smallest absolute Gasteiger partial charge is 0.160 e. The van der Waals surface area contributed by atoms with Crippen molar-refractivity contribution in [2.45, 2.75) is 25.2 Å². The van der Waals surface area contributed by atoms with Crippen molar-refractivity contribution >= 4 is 11.0 Å². The lowest BCUT2D eigenvalue weighted by Gasteiger charge is -2.24. The molecule has 104 valence electrons. The third-order valence-corrected chi connectivity index (χ3v) is 3.10. The molecular formula is C14H17FO4. The number of benzene rings is 1. The van der Waals surface area contributed by atoms with Crippen LogP contribution in [0.4, 0.5) is 4.39 Å². The Hall–Kier alpha value is -1.43. The van der Waals surface area contributed by atoms with Gasteiger partial charge in [0.15, 0.2) is 6.29 Å². The maximum Gasteiger partial charge on any atom is 0.160 e. The molecule has 1 aromatic carbocycles. The molecule has 0 radical (unpaired) electrons. The van der Waals surface area contributed by atoms with Gasteiger partial charge in [0.05, 0.1) is 0 Å². The molecule has 0 aliphatic carbocycles. The standard InChI is InChI=1S/C14H17FO4/c1-14(16,8-13(17-2)18-3)12-7-9-6-10(15)4-5-11(9)19-12/h4-7,13,16H,8H2,1-3H3. The molecule has 0 bridgehead atoms. The van der Waals surface area contributed by atoms with Gasteiger partial charge in [0.2, 0.25) is 0 Å². The van der Waals surface area contributed by atoms with Gasteiger partial charge in [0, 0.05) is 26.0 Å². The van der Waals surface area contributed by atoms with Gasteiger partial charge in [-0.2, -0.15) is 0 Å². The number of halogens is 1. The van der Waals surface area contributed by atoms with Gasteiger partial charge in [-0.15, -0.1) is 0 Å². The Bertz CT molecular complexity index is 558. The minimum absolute atomic E-state index is 0.211. The Morgan fingerprint density at radius 3 is 2.63 bits per heavy atom. The first-order valence-electron chi connectivity index (χ1n) is 5.94. The Morgan fingerprint density at radius 1 is 1.32 bits per heavy atom. The van der Waals surface area contributed by atoms with E-state index in [1.165, 1.54) is 32.4 Å². The van der Waals surface area contributed by atoms with Crippen molar-refractivity contribution < 1.29 is 23.4 Å². The summed E-state index contributed by atoms with van der Waals surface area (Å²) in [5.41, 5.74) is -0.727. The van der Waals surface area contributed by atoms with Crippen molar-refractivity contribution in [3.63, 3.8) is 0 Å². The van der Waals surface area contributed by atoms with Crippen LogP contribution in [-0.4, -0.2) is 25.6 Å². The molecule has 0 saturated carbocycles. The minimum Gasteiger partial charge on any atom is -0.458 e. The van der Waals surface area contributed by atoms with Gasteiger partial charge in [-0.1, -0.05) is 0 Å². The van der Waals surface area contributed by atoms with E-state index in [9.17, 15) is 9.50 Å². The van der Waals surface area contributed by atoms with E-state index >= 15 is 0 Å². The number of hydrogen-bond acceptors (Lipinski definition) is 4. The first-order chi connectivity index (χ1) is 8.96. The van der Waals surface area contributed by atoms with Gasteiger partial charge in [-0.25, -0.2) is 4.39 Å². The fourth-order valence-corrected chi connectivity index (χ4v) is 1.97. The molecule has 0 amide bonds. The highest BCUT2D eigenvalue weighted by molar-refractivity contribution is 5.78. The topological polar surface area (TPSA) is 51.8 Å². The minimum atomic E-state index is -1.26. The first-order valence-corrected chi connectivity index (χ1v) is 5.94. The summed E-state index contributed by atoms with van der Waals surface area (Å²) in [5, 5.41) is 11.1. The Kier molecular flexibility index (Phi) is 3.89. The number of fused-ring (bicyclic) bond motifs is 1. The summed E-state index contributed by atoms with van der Waals surface area (Å²) < 4.78 is 28.8. The molecule has 0 aliphatic heterocycles. The van der Waals surface area contributed by atoms with E-state index in [0.717, 1.165) is 0 Å². The summed E-state index contributed by atoms with van der Waals surface area (Å²) in [4.78, 5) is 0. The molecule has 1 unspecified atom stereocenters. The summed E-state index contributed by atoms with van der Waals surface area (Å²) in [6.07, 6.45) is -0.331. The van der Waals surface area contributed by atoms with Crippen LogP contribution in [0.15, 0.2) is 28.7 Å². The summed E-state index contributed by atoms with van der Waals surface area (Å²) >= 11 is 0. The van der Waals surface area contributed by atoms with Crippen LogP contribution in [-0.2, 0) is 15.1 Å². The number of rotatable bonds is 5. The lowest BCUT2D eigenvalue weighted by molar-refractivity contribution is -0.145. The fraction of sp³-hybridized carbons (Fsp3) is 0.429. The second-order valence-electron chi connectivity index (χ2n) is 4.67. The quantitative estimate of drug-likeness (QED) is 0.847. The van der Waals surface area contributed by atoms with Crippen LogP contribution in [0.5, 0.6) is 0 Å². The van der Waals surface area contributed by atoms with Crippen LogP contribution >= 0.6 is 0 Å². The molecule has 2 rings (SSSR count). The van der Waals surface area contributed by atoms with E-state index in [2.05, 4.69) is 0 Å². The first kappa shape index (κ1) is 14.0. The largest absolute Gasteiger partial charge is 0.458 e. The average Bonchev–Trinajstić information content (AvgIpc) is 2.79. The molecule has 19 heavy (non-hydrogen) atoms. The zero-order valence-corrected chi connectivity index (χ0v) is 11.1. The Balaban J connectivity index is 2.31. The zero-order chi connectivity index (χ0) is 14.0. The van der Waals surface area contributed by atoms with Crippen molar-refractivity contribution in [3.8, 4) is 0 Å². The van der Waals surface area contributed by atoms with E-state index in [1.807, 2.05) is 0 Å². The van der Waals surface area contributed by atoms with Crippen molar-refractivity contribution in [3.05, 3.63) is 35.8 Å². The van der Waals surface area contributed by atoms with Crippen molar-refractivity contribution in [2.24, 2.45) is 0 Å². The van der Waals surface area contributed by atoms with Gasteiger partial charge in [0.1, 0.15) is 22.8 Å². The van der Waals surface area contributed by atoms with Crippen LogP contribution in [0.1, 0.15) is 19.1 Å². The number of methoxy groups -OCH3 is 2. The highest BCUT2D eigenvalue weighted by atomic mass is 19.1. The average molecular weight is 268 g/mol. The molecule has 1 atom stereocenters.